The Bertz CT molecular complexity index is 1020. The lowest BCUT2D eigenvalue weighted by molar-refractivity contribution is -0.140. The fourth-order valence-corrected chi connectivity index (χ4v) is 3.13. The topological polar surface area (TPSA) is 86.2 Å². The Balaban J connectivity index is 2.10. The first-order chi connectivity index (χ1) is 12.1. The maximum atomic E-state index is 12.8. The number of H-pyrrole nitrogens is 1. The van der Waals surface area contributed by atoms with Gasteiger partial charge in [-0.2, -0.15) is 13.2 Å². The molecule has 1 unspecified atom stereocenters. The van der Waals surface area contributed by atoms with E-state index in [1.54, 1.807) is 0 Å². The molecule has 2 aromatic heterocycles. The molecule has 3 aromatic rings. The molecule has 3 N–H and O–H groups in total. The summed E-state index contributed by atoms with van der Waals surface area (Å²) in [7, 11) is 0. The van der Waals surface area contributed by atoms with E-state index in [0.29, 0.717) is 0 Å². The number of halogens is 5. The van der Waals surface area contributed by atoms with E-state index in [9.17, 15) is 23.1 Å². The molecule has 2 heterocycles. The van der Waals surface area contributed by atoms with Crippen LogP contribution < -0.4 is 0 Å². The Labute approximate surface area is 154 Å². The third kappa shape index (κ3) is 3.23. The highest BCUT2D eigenvalue weighted by atomic mass is 35.5. The number of hydrogen-bond acceptors (Lipinski definition) is 3. The third-order valence-corrected chi connectivity index (χ3v) is 4.45. The average molecular weight is 405 g/mol. The van der Waals surface area contributed by atoms with Crippen LogP contribution in [0.1, 0.15) is 33.4 Å². The number of benzene rings is 1. The number of nitrogens with one attached hydrogen (secondary N) is 1. The van der Waals surface area contributed by atoms with Crippen molar-refractivity contribution in [3.63, 3.8) is 0 Å². The second-order valence-electron chi connectivity index (χ2n) is 5.38. The van der Waals surface area contributed by atoms with Crippen molar-refractivity contribution in [1.82, 2.24) is 9.97 Å². The molecule has 0 fully saturated rings. The summed E-state index contributed by atoms with van der Waals surface area (Å²) in [5.74, 6) is -1.31. The van der Waals surface area contributed by atoms with E-state index in [2.05, 4.69) is 9.97 Å². The molecule has 0 aliphatic rings. The van der Waals surface area contributed by atoms with E-state index in [-0.39, 0.29) is 37.9 Å². The number of nitrogens with zero attached hydrogens (tertiary/aromatic N) is 1. The van der Waals surface area contributed by atoms with Gasteiger partial charge < -0.3 is 15.2 Å². The van der Waals surface area contributed by atoms with Crippen molar-refractivity contribution < 1.29 is 28.2 Å². The molecule has 1 atom stereocenters. The normalized spacial score (nSPS) is 13.2. The van der Waals surface area contributed by atoms with Gasteiger partial charge in [-0.1, -0.05) is 23.2 Å². The molecule has 0 aliphatic heterocycles. The van der Waals surface area contributed by atoms with E-state index in [1.807, 2.05) is 0 Å². The monoisotopic (exact) mass is 404 g/mol. The van der Waals surface area contributed by atoms with Crippen LogP contribution in [0.25, 0.3) is 11.0 Å². The zero-order valence-electron chi connectivity index (χ0n) is 12.6. The second-order valence-corrected chi connectivity index (χ2v) is 6.17. The number of carboxylic acid groups (broad SMARTS) is 1. The minimum atomic E-state index is -4.60. The number of carboxylic acids is 1. The van der Waals surface area contributed by atoms with Gasteiger partial charge in [0.1, 0.15) is 11.8 Å². The molecule has 0 aliphatic carbocycles. The molecule has 26 heavy (non-hydrogen) atoms. The molecule has 136 valence electrons. The van der Waals surface area contributed by atoms with Gasteiger partial charge >= 0.3 is 12.1 Å². The lowest BCUT2D eigenvalue weighted by Crippen LogP contribution is -2.07. The predicted octanol–water partition coefficient (Wildman–Crippen LogP) is 4.67. The van der Waals surface area contributed by atoms with Gasteiger partial charge in [-0.15, -0.1) is 0 Å². The van der Waals surface area contributed by atoms with E-state index in [4.69, 9.17) is 28.3 Å². The van der Waals surface area contributed by atoms with E-state index >= 15 is 0 Å². The van der Waals surface area contributed by atoms with Gasteiger partial charge in [-0.3, -0.25) is 0 Å². The van der Waals surface area contributed by atoms with Gasteiger partial charge in [0.25, 0.3) is 0 Å². The van der Waals surface area contributed by atoms with Gasteiger partial charge in [0, 0.05) is 10.6 Å². The smallest absolute Gasteiger partial charge is 0.433 e. The average Bonchev–Trinajstić information content (AvgIpc) is 2.96. The lowest BCUT2D eigenvalue weighted by atomic mass is 10.0. The molecule has 0 spiro atoms. The van der Waals surface area contributed by atoms with Crippen LogP contribution in [0.4, 0.5) is 13.2 Å². The van der Waals surface area contributed by atoms with Crippen LogP contribution in [0.5, 0.6) is 0 Å². The van der Waals surface area contributed by atoms with Crippen molar-refractivity contribution in [3.05, 3.63) is 62.9 Å². The summed E-state index contributed by atoms with van der Waals surface area (Å²) in [5.41, 5.74) is -1.11. The number of rotatable bonds is 3. The Kier molecular flexibility index (Phi) is 4.60. The number of fused-ring (bicyclic) bond motifs is 1. The van der Waals surface area contributed by atoms with Crippen LogP contribution in [0.15, 0.2) is 30.3 Å². The highest BCUT2D eigenvalue weighted by Crippen LogP contribution is 2.37. The summed E-state index contributed by atoms with van der Waals surface area (Å²) in [6.07, 6.45) is -6.09. The van der Waals surface area contributed by atoms with Gasteiger partial charge in [0.05, 0.1) is 27.3 Å². The number of pyridine rings is 1. The summed E-state index contributed by atoms with van der Waals surface area (Å²) in [4.78, 5) is 17.4. The Morgan fingerprint density at radius 3 is 2.50 bits per heavy atom. The second kappa shape index (κ2) is 6.46. The standard InChI is InChI=1S/C16H9Cl2F3N2O3/c17-7-2-1-6(15(25)26)13(18)12(7)14(24)10-5-9-8(22-10)3-4-11(23-9)16(19,20)21/h1-5,14,22,24H,(H,25,26). The van der Waals surface area contributed by atoms with Crippen LogP contribution in [0.2, 0.25) is 10.0 Å². The maximum absolute atomic E-state index is 12.8. The SMILES string of the molecule is O=C(O)c1ccc(Cl)c(C(O)c2cc3nc(C(F)(F)F)ccc3[nH]2)c1Cl. The van der Waals surface area contributed by atoms with E-state index in [0.717, 1.165) is 6.07 Å². The Hall–Kier alpha value is -2.29. The fraction of sp³-hybridized carbons (Fsp3) is 0.125. The molecule has 0 bridgehead atoms. The molecule has 10 heteroatoms. The molecule has 1 aromatic carbocycles. The summed E-state index contributed by atoms with van der Waals surface area (Å²) in [6, 6.07) is 5.65. The molecule has 0 radical (unpaired) electrons. The quantitative estimate of drug-likeness (QED) is 0.591. The van der Waals surface area contributed by atoms with Gasteiger partial charge in [0.2, 0.25) is 0 Å². The Morgan fingerprint density at radius 1 is 1.19 bits per heavy atom. The number of aromatic carboxylic acids is 1. The van der Waals surface area contributed by atoms with Gasteiger partial charge in [-0.25, -0.2) is 9.78 Å². The zero-order chi connectivity index (χ0) is 19.2. The molecule has 0 saturated carbocycles. The summed E-state index contributed by atoms with van der Waals surface area (Å²) >= 11 is 12.1. The third-order valence-electron chi connectivity index (χ3n) is 3.71. The van der Waals surface area contributed by atoms with Crippen molar-refractivity contribution in [2.75, 3.05) is 0 Å². The maximum Gasteiger partial charge on any atom is 0.433 e. The van der Waals surface area contributed by atoms with Crippen LogP contribution in [-0.4, -0.2) is 26.2 Å². The number of hydrogen-bond donors (Lipinski definition) is 3. The molecule has 3 rings (SSSR count). The number of aromatic amines is 1. The van der Waals surface area contributed by atoms with Crippen molar-refractivity contribution >= 4 is 40.2 Å². The van der Waals surface area contributed by atoms with Crippen LogP contribution in [-0.2, 0) is 6.18 Å². The van der Waals surface area contributed by atoms with Gasteiger partial charge in [0.15, 0.2) is 0 Å². The lowest BCUT2D eigenvalue weighted by Gasteiger charge is -2.14. The first-order valence-electron chi connectivity index (χ1n) is 7.05. The number of aliphatic hydroxyl groups is 1. The summed E-state index contributed by atoms with van der Waals surface area (Å²) in [5, 5.41) is 19.4. The van der Waals surface area contributed by atoms with Crippen LogP contribution in [0, 0.1) is 0 Å². The first kappa shape index (κ1) is 18.5. The number of aromatic nitrogens is 2. The molecular formula is C16H9Cl2F3N2O3. The molecular weight excluding hydrogens is 396 g/mol. The van der Waals surface area contributed by atoms with Crippen molar-refractivity contribution in [2.24, 2.45) is 0 Å². The van der Waals surface area contributed by atoms with E-state index in [1.165, 1.54) is 24.3 Å². The van der Waals surface area contributed by atoms with Crippen LogP contribution >= 0.6 is 23.2 Å². The summed E-state index contributed by atoms with van der Waals surface area (Å²) < 4.78 is 38.3. The Morgan fingerprint density at radius 2 is 1.88 bits per heavy atom. The van der Waals surface area contributed by atoms with Crippen molar-refractivity contribution in [2.45, 2.75) is 12.3 Å². The van der Waals surface area contributed by atoms with Crippen molar-refractivity contribution in [1.29, 1.82) is 0 Å². The highest BCUT2D eigenvalue weighted by Gasteiger charge is 2.33. The molecule has 0 amide bonds. The summed E-state index contributed by atoms with van der Waals surface area (Å²) in [6.45, 7) is 0. The molecule has 0 saturated heterocycles. The molecule has 5 nitrogen and oxygen atoms in total. The van der Waals surface area contributed by atoms with Gasteiger partial charge in [-0.05, 0) is 30.3 Å². The largest absolute Gasteiger partial charge is 0.478 e. The number of carbonyl (C=O) groups is 1. The minimum Gasteiger partial charge on any atom is -0.478 e. The van der Waals surface area contributed by atoms with E-state index < -0.39 is 23.9 Å². The number of aliphatic hydroxyl groups excluding tert-OH is 1. The number of alkyl halides is 3. The highest BCUT2D eigenvalue weighted by molar-refractivity contribution is 6.38. The fourth-order valence-electron chi connectivity index (χ4n) is 2.48. The zero-order valence-corrected chi connectivity index (χ0v) is 14.1. The first-order valence-corrected chi connectivity index (χ1v) is 7.81. The van der Waals surface area contributed by atoms with Crippen LogP contribution in [0.3, 0.4) is 0 Å². The van der Waals surface area contributed by atoms with Crippen molar-refractivity contribution in [3.8, 4) is 0 Å². The predicted molar refractivity (Wildman–Crippen MR) is 88.6 cm³/mol. The minimum absolute atomic E-state index is 0.00935.